The summed E-state index contributed by atoms with van der Waals surface area (Å²) < 4.78 is 39.4. The predicted molar refractivity (Wildman–Crippen MR) is 131 cm³/mol. The summed E-state index contributed by atoms with van der Waals surface area (Å²) in [7, 11) is -0.712. The van der Waals surface area contributed by atoms with Gasteiger partial charge in [-0.05, 0) is 42.0 Å². The lowest BCUT2D eigenvalue weighted by Gasteiger charge is -2.10. The van der Waals surface area contributed by atoms with E-state index in [1.54, 1.807) is 24.3 Å². The number of anilines is 1. The van der Waals surface area contributed by atoms with Gasteiger partial charge in [0.15, 0.2) is 11.5 Å². The Labute approximate surface area is 210 Å². The summed E-state index contributed by atoms with van der Waals surface area (Å²) in [5.41, 5.74) is 0.398. The van der Waals surface area contributed by atoms with E-state index in [2.05, 4.69) is 15.5 Å². The average molecular weight is 529 g/mol. The first kappa shape index (κ1) is 26.3. The highest BCUT2D eigenvalue weighted by molar-refractivity contribution is 7.93. The zero-order valence-electron chi connectivity index (χ0n) is 19.3. The Morgan fingerprint density at radius 2 is 1.89 bits per heavy atom. The molecule has 1 aromatic heterocycles. The van der Waals surface area contributed by atoms with Gasteiger partial charge < -0.3 is 14.2 Å². The summed E-state index contributed by atoms with van der Waals surface area (Å²) in [6.45, 7) is 1.46. The Morgan fingerprint density at radius 1 is 1.11 bits per heavy atom. The Hall–Kier alpha value is -4.28. The second kappa shape index (κ2) is 11.4. The second-order valence-corrected chi connectivity index (χ2v) is 10.4. The van der Waals surface area contributed by atoms with Crippen molar-refractivity contribution in [3.05, 3.63) is 59.2 Å². The van der Waals surface area contributed by atoms with Crippen LogP contribution < -0.4 is 19.5 Å². The van der Waals surface area contributed by atoms with Crippen molar-refractivity contribution in [1.82, 2.24) is 10.2 Å². The molecule has 186 valence electrons. The van der Waals surface area contributed by atoms with Crippen molar-refractivity contribution in [3.63, 3.8) is 0 Å². The Bertz CT molecular complexity index is 1470. The minimum absolute atomic E-state index is 0.0643. The number of rotatable bonds is 9. The van der Waals surface area contributed by atoms with Gasteiger partial charge in [-0.25, -0.2) is 13.2 Å². The number of nitriles is 1. The lowest BCUT2D eigenvalue weighted by Crippen LogP contribution is -2.13. The van der Waals surface area contributed by atoms with E-state index in [-0.39, 0.29) is 37.9 Å². The zero-order chi connectivity index (χ0) is 26.3. The van der Waals surface area contributed by atoms with E-state index in [0.29, 0.717) is 22.6 Å². The molecule has 0 spiro atoms. The molecule has 3 aromatic rings. The third-order valence-corrected chi connectivity index (χ3v) is 7.66. The molecule has 0 saturated heterocycles. The van der Waals surface area contributed by atoms with Crippen LogP contribution in [-0.2, 0) is 14.6 Å². The van der Waals surface area contributed by atoms with Crippen LogP contribution in [0.3, 0.4) is 0 Å². The minimum Gasteiger partial charge on any atom is -0.497 e. The van der Waals surface area contributed by atoms with Crippen LogP contribution in [0, 0.1) is 11.3 Å². The Balaban J connectivity index is 1.78. The van der Waals surface area contributed by atoms with Crippen molar-refractivity contribution in [2.75, 3.05) is 25.3 Å². The standard InChI is InChI=1S/C23H20N4O7S2/c1-4-36(30,31)23-27-26-22(35-23)25-20(28)16(13-24)10-14-8-9-18(19(11-14)33-3)34-21(29)15-6-5-7-17(12-15)32-2/h5-12H,4H2,1-3H3,(H,25,26,28)/b16-10-. The normalized spacial score (nSPS) is 11.3. The first-order valence-electron chi connectivity index (χ1n) is 10.2. The Kier molecular flexibility index (Phi) is 8.36. The first-order valence-corrected chi connectivity index (χ1v) is 12.7. The van der Waals surface area contributed by atoms with Gasteiger partial charge >= 0.3 is 5.97 Å². The van der Waals surface area contributed by atoms with Crippen LogP contribution in [-0.4, -0.2) is 50.5 Å². The number of amides is 1. The quantitative estimate of drug-likeness (QED) is 0.144. The first-order chi connectivity index (χ1) is 17.2. The van der Waals surface area contributed by atoms with Crippen molar-refractivity contribution >= 4 is 44.3 Å². The lowest BCUT2D eigenvalue weighted by molar-refractivity contribution is -0.112. The molecule has 0 aliphatic heterocycles. The number of nitrogens with one attached hydrogen (secondary N) is 1. The molecular weight excluding hydrogens is 508 g/mol. The average Bonchev–Trinajstić information content (AvgIpc) is 3.37. The van der Waals surface area contributed by atoms with Gasteiger partial charge in [0.1, 0.15) is 17.4 Å². The second-order valence-electron chi connectivity index (χ2n) is 6.93. The summed E-state index contributed by atoms with van der Waals surface area (Å²) in [5, 5.41) is 19.0. The molecule has 0 fully saturated rings. The summed E-state index contributed by atoms with van der Waals surface area (Å²) in [4.78, 5) is 25.0. The van der Waals surface area contributed by atoms with Gasteiger partial charge in [-0.3, -0.25) is 10.1 Å². The molecule has 0 atom stereocenters. The molecule has 3 rings (SSSR count). The van der Waals surface area contributed by atoms with Crippen molar-refractivity contribution < 1.29 is 32.2 Å². The van der Waals surface area contributed by atoms with Crippen LogP contribution in [0.5, 0.6) is 17.2 Å². The van der Waals surface area contributed by atoms with Crippen LogP contribution in [0.25, 0.3) is 6.08 Å². The summed E-state index contributed by atoms with van der Waals surface area (Å²) >= 11 is 0.686. The van der Waals surface area contributed by atoms with E-state index < -0.39 is 21.7 Å². The number of esters is 1. The van der Waals surface area contributed by atoms with Crippen molar-refractivity contribution in [2.24, 2.45) is 0 Å². The summed E-state index contributed by atoms with van der Waals surface area (Å²) in [6.07, 6.45) is 1.29. The molecule has 0 saturated carbocycles. The minimum atomic E-state index is -3.57. The zero-order valence-corrected chi connectivity index (χ0v) is 21.0. The maximum atomic E-state index is 12.5. The summed E-state index contributed by atoms with van der Waals surface area (Å²) in [5.74, 6) is -0.780. The summed E-state index contributed by atoms with van der Waals surface area (Å²) in [6, 6.07) is 12.7. The molecule has 2 aromatic carbocycles. The molecule has 1 N–H and O–H groups in total. The molecule has 0 radical (unpaired) electrons. The van der Waals surface area contributed by atoms with Gasteiger partial charge in [0.05, 0.1) is 25.5 Å². The number of sulfone groups is 1. The fraction of sp³-hybridized carbons (Fsp3) is 0.174. The number of nitrogens with zero attached hydrogens (tertiary/aromatic N) is 3. The van der Waals surface area contributed by atoms with Crippen LogP contribution in [0.15, 0.2) is 52.4 Å². The van der Waals surface area contributed by atoms with Gasteiger partial charge in [0.2, 0.25) is 19.3 Å². The molecule has 13 heteroatoms. The van der Waals surface area contributed by atoms with E-state index >= 15 is 0 Å². The molecule has 0 aliphatic carbocycles. The van der Waals surface area contributed by atoms with E-state index in [1.807, 2.05) is 0 Å². The number of methoxy groups -OCH3 is 2. The van der Waals surface area contributed by atoms with Gasteiger partial charge in [0.25, 0.3) is 5.91 Å². The molecular formula is C23H20N4O7S2. The van der Waals surface area contributed by atoms with Gasteiger partial charge in [-0.1, -0.05) is 30.4 Å². The van der Waals surface area contributed by atoms with Crippen LogP contribution in [0.1, 0.15) is 22.8 Å². The van der Waals surface area contributed by atoms with Gasteiger partial charge in [-0.2, -0.15) is 5.26 Å². The van der Waals surface area contributed by atoms with Crippen molar-refractivity contribution in [1.29, 1.82) is 5.26 Å². The van der Waals surface area contributed by atoms with Gasteiger partial charge in [0, 0.05) is 0 Å². The maximum absolute atomic E-state index is 12.5. The number of ether oxygens (including phenoxy) is 3. The fourth-order valence-corrected chi connectivity index (χ4v) is 4.74. The number of benzene rings is 2. The highest BCUT2D eigenvalue weighted by atomic mass is 32.2. The van der Waals surface area contributed by atoms with Crippen LogP contribution >= 0.6 is 11.3 Å². The smallest absolute Gasteiger partial charge is 0.343 e. The monoisotopic (exact) mass is 528 g/mol. The number of carbonyl (C=O) groups is 2. The topological polar surface area (TPSA) is 158 Å². The Morgan fingerprint density at radius 3 is 2.56 bits per heavy atom. The molecule has 11 nitrogen and oxygen atoms in total. The van der Waals surface area contributed by atoms with E-state index in [9.17, 15) is 23.3 Å². The lowest BCUT2D eigenvalue weighted by atomic mass is 10.1. The van der Waals surface area contributed by atoms with E-state index in [1.165, 1.54) is 51.5 Å². The fourth-order valence-electron chi connectivity index (χ4n) is 2.76. The molecule has 1 heterocycles. The highest BCUT2D eigenvalue weighted by Crippen LogP contribution is 2.30. The number of carbonyl (C=O) groups excluding carboxylic acids is 2. The third-order valence-electron chi connectivity index (χ3n) is 4.64. The molecule has 0 unspecified atom stereocenters. The highest BCUT2D eigenvalue weighted by Gasteiger charge is 2.20. The van der Waals surface area contributed by atoms with Gasteiger partial charge in [-0.15, -0.1) is 10.2 Å². The van der Waals surface area contributed by atoms with Crippen LogP contribution in [0.4, 0.5) is 5.13 Å². The van der Waals surface area contributed by atoms with Crippen LogP contribution in [0.2, 0.25) is 0 Å². The van der Waals surface area contributed by atoms with E-state index in [4.69, 9.17) is 14.2 Å². The predicted octanol–water partition coefficient (Wildman–Crippen LogP) is 3.11. The molecule has 0 aliphatic rings. The van der Waals surface area contributed by atoms with E-state index in [0.717, 1.165) is 0 Å². The SMILES string of the molecule is CCS(=O)(=O)c1nnc(NC(=O)/C(C#N)=C\c2ccc(OC(=O)c3cccc(OC)c3)c(OC)c2)s1. The number of hydrogen-bond acceptors (Lipinski definition) is 11. The maximum Gasteiger partial charge on any atom is 0.343 e. The largest absolute Gasteiger partial charge is 0.497 e. The van der Waals surface area contributed by atoms with Crippen molar-refractivity contribution in [3.8, 4) is 23.3 Å². The molecule has 36 heavy (non-hydrogen) atoms. The third kappa shape index (κ3) is 6.23. The number of aromatic nitrogens is 2. The molecule has 1 amide bonds. The molecule has 0 bridgehead atoms. The van der Waals surface area contributed by atoms with Crippen molar-refractivity contribution in [2.45, 2.75) is 11.3 Å². The number of hydrogen-bond donors (Lipinski definition) is 1.